The summed E-state index contributed by atoms with van der Waals surface area (Å²) in [6.07, 6.45) is -0.0134. The number of hydrogen-bond donors (Lipinski definition) is 1. The summed E-state index contributed by atoms with van der Waals surface area (Å²) in [5.74, 6) is -1.55. The Hall–Kier alpha value is -2.11. The summed E-state index contributed by atoms with van der Waals surface area (Å²) in [5.41, 5.74) is 1.27. The van der Waals surface area contributed by atoms with Gasteiger partial charge in [-0.1, -0.05) is 47.5 Å². The van der Waals surface area contributed by atoms with Crippen molar-refractivity contribution in [2.24, 2.45) is 0 Å². The lowest BCUT2D eigenvalue weighted by molar-refractivity contribution is -0.147. The van der Waals surface area contributed by atoms with Crippen molar-refractivity contribution < 1.29 is 18.7 Å². The normalized spacial score (nSPS) is 10.3. The number of ether oxygens (including phenoxy) is 1. The van der Waals surface area contributed by atoms with Crippen LogP contribution in [0.15, 0.2) is 42.5 Å². The number of benzene rings is 2. The zero-order valence-electron chi connectivity index (χ0n) is 12.5. The molecule has 1 N–H and O–H groups in total. The molecule has 0 saturated carbocycles. The fraction of sp³-hybridized carbons (Fsp3) is 0.176. The molecule has 24 heavy (non-hydrogen) atoms. The molecule has 2 aromatic rings. The van der Waals surface area contributed by atoms with Crippen LogP contribution in [0.4, 0.5) is 4.39 Å². The SMILES string of the molecule is O=C(COC(=O)Cc1ccccc1Cl)NCc1ccc(F)c(Cl)c1. The van der Waals surface area contributed by atoms with E-state index in [4.69, 9.17) is 27.9 Å². The van der Waals surface area contributed by atoms with Crippen LogP contribution in [0.5, 0.6) is 0 Å². The van der Waals surface area contributed by atoms with Crippen LogP contribution in [-0.2, 0) is 27.3 Å². The van der Waals surface area contributed by atoms with Crippen LogP contribution in [-0.4, -0.2) is 18.5 Å². The highest BCUT2D eigenvalue weighted by molar-refractivity contribution is 6.31. The molecule has 0 aliphatic carbocycles. The minimum absolute atomic E-state index is 0.0134. The monoisotopic (exact) mass is 369 g/mol. The number of hydrogen-bond acceptors (Lipinski definition) is 3. The molecule has 2 rings (SSSR count). The molecule has 2 aromatic carbocycles. The van der Waals surface area contributed by atoms with Gasteiger partial charge in [-0.05, 0) is 29.3 Å². The second-order valence-electron chi connectivity index (χ2n) is 4.95. The Morgan fingerprint density at radius 2 is 1.83 bits per heavy atom. The van der Waals surface area contributed by atoms with Gasteiger partial charge in [0.1, 0.15) is 5.82 Å². The van der Waals surface area contributed by atoms with Crippen LogP contribution in [0, 0.1) is 5.82 Å². The van der Waals surface area contributed by atoms with Gasteiger partial charge in [0.2, 0.25) is 0 Å². The molecule has 0 radical (unpaired) electrons. The first kappa shape index (κ1) is 18.2. The van der Waals surface area contributed by atoms with Gasteiger partial charge in [-0.2, -0.15) is 0 Å². The smallest absolute Gasteiger partial charge is 0.310 e. The summed E-state index contributed by atoms with van der Waals surface area (Å²) in [4.78, 5) is 23.4. The molecular weight excluding hydrogens is 356 g/mol. The molecule has 0 bridgehead atoms. The number of esters is 1. The predicted molar refractivity (Wildman–Crippen MR) is 89.4 cm³/mol. The first-order valence-electron chi connectivity index (χ1n) is 7.05. The van der Waals surface area contributed by atoms with Crippen molar-refractivity contribution in [2.75, 3.05) is 6.61 Å². The highest BCUT2D eigenvalue weighted by atomic mass is 35.5. The molecule has 0 fully saturated rings. The fourth-order valence-electron chi connectivity index (χ4n) is 1.90. The fourth-order valence-corrected chi connectivity index (χ4v) is 2.30. The van der Waals surface area contributed by atoms with Gasteiger partial charge in [0.25, 0.3) is 5.91 Å². The minimum atomic E-state index is -0.553. The van der Waals surface area contributed by atoms with E-state index < -0.39 is 24.3 Å². The largest absolute Gasteiger partial charge is 0.455 e. The molecule has 0 aliphatic heterocycles. The summed E-state index contributed by atoms with van der Waals surface area (Å²) in [6, 6.07) is 11.0. The summed E-state index contributed by atoms with van der Waals surface area (Å²) >= 11 is 11.6. The van der Waals surface area contributed by atoms with Gasteiger partial charge in [-0.15, -0.1) is 0 Å². The molecular formula is C17H14Cl2FNO3. The van der Waals surface area contributed by atoms with Gasteiger partial charge >= 0.3 is 5.97 Å². The Labute approximate surface area is 148 Å². The van der Waals surface area contributed by atoms with Crippen molar-refractivity contribution in [1.29, 1.82) is 0 Å². The van der Waals surface area contributed by atoms with Gasteiger partial charge < -0.3 is 10.1 Å². The molecule has 0 atom stereocenters. The Morgan fingerprint density at radius 3 is 2.54 bits per heavy atom. The van der Waals surface area contributed by atoms with Gasteiger partial charge in [-0.25, -0.2) is 4.39 Å². The van der Waals surface area contributed by atoms with Crippen LogP contribution < -0.4 is 5.32 Å². The Morgan fingerprint density at radius 1 is 1.08 bits per heavy atom. The maximum absolute atomic E-state index is 13.0. The molecule has 0 aliphatic rings. The third-order valence-electron chi connectivity index (χ3n) is 3.13. The lowest BCUT2D eigenvalue weighted by atomic mass is 10.1. The van der Waals surface area contributed by atoms with E-state index in [1.54, 1.807) is 24.3 Å². The summed E-state index contributed by atoms with van der Waals surface area (Å²) in [5, 5.41) is 3.00. The second kappa shape index (κ2) is 8.66. The summed E-state index contributed by atoms with van der Waals surface area (Å²) in [7, 11) is 0. The van der Waals surface area contributed by atoms with E-state index in [1.807, 2.05) is 0 Å². The van der Waals surface area contributed by atoms with Crippen LogP contribution in [0.25, 0.3) is 0 Å². The lowest BCUT2D eigenvalue weighted by Gasteiger charge is -2.08. The average Bonchev–Trinajstić information content (AvgIpc) is 2.56. The van der Waals surface area contributed by atoms with Crippen molar-refractivity contribution in [1.82, 2.24) is 5.32 Å². The van der Waals surface area contributed by atoms with Gasteiger partial charge in [0.05, 0.1) is 11.4 Å². The topological polar surface area (TPSA) is 55.4 Å². The van der Waals surface area contributed by atoms with E-state index in [0.717, 1.165) is 0 Å². The molecule has 126 valence electrons. The zero-order valence-corrected chi connectivity index (χ0v) is 14.0. The average molecular weight is 370 g/mol. The summed E-state index contributed by atoms with van der Waals surface area (Å²) in [6.45, 7) is -0.251. The van der Waals surface area contributed by atoms with Crippen LogP contribution >= 0.6 is 23.2 Å². The second-order valence-corrected chi connectivity index (χ2v) is 5.77. The maximum Gasteiger partial charge on any atom is 0.310 e. The first-order chi connectivity index (χ1) is 11.5. The molecule has 0 spiro atoms. The van der Waals surface area contributed by atoms with E-state index >= 15 is 0 Å². The van der Waals surface area contributed by atoms with Gasteiger partial charge in [0, 0.05) is 11.6 Å². The van der Waals surface area contributed by atoms with Crippen LogP contribution in [0.2, 0.25) is 10.0 Å². The van der Waals surface area contributed by atoms with E-state index in [0.29, 0.717) is 16.1 Å². The number of nitrogens with one attached hydrogen (secondary N) is 1. The number of halogens is 3. The number of amides is 1. The quantitative estimate of drug-likeness (QED) is 0.792. The Balaban J connectivity index is 1.75. The van der Waals surface area contributed by atoms with E-state index in [-0.39, 0.29) is 18.0 Å². The number of carbonyl (C=O) groups is 2. The zero-order chi connectivity index (χ0) is 17.5. The van der Waals surface area contributed by atoms with E-state index in [9.17, 15) is 14.0 Å². The summed E-state index contributed by atoms with van der Waals surface area (Å²) < 4.78 is 17.9. The molecule has 0 saturated heterocycles. The van der Waals surface area contributed by atoms with Crippen molar-refractivity contribution in [3.63, 3.8) is 0 Å². The van der Waals surface area contributed by atoms with Crippen molar-refractivity contribution >= 4 is 35.1 Å². The molecule has 0 heterocycles. The number of carbonyl (C=O) groups excluding carboxylic acids is 2. The third-order valence-corrected chi connectivity index (χ3v) is 3.79. The lowest BCUT2D eigenvalue weighted by Crippen LogP contribution is -2.28. The standard InChI is InChI=1S/C17H14Cl2FNO3/c18-13-4-2-1-3-12(13)8-17(23)24-10-16(22)21-9-11-5-6-15(20)14(19)7-11/h1-7H,8-10H2,(H,21,22). The molecule has 0 unspecified atom stereocenters. The van der Waals surface area contributed by atoms with Crippen molar-refractivity contribution in [2.45, 2.75) is 13.0 Å². The Bertz CT molecular complexity index is 752. The van der Waals surface area contributed by atoms with Gasteiger partial charge in [0.15, 0.2) is 6.61 Å². The van der Waals surface area contributed by atoms with E-state index in [1.165, 1.54) is 18.2 Å². The molecule has 0 aromatic heterocycles. The highest BCUT2D eigenvalue weighted by Gasteiger charge is 2.10. The minimum Gasteiger partial charge on any atom is -0.455 e. The maximum atomic E-state index is 13.0. The molecule has 1 amide bonds. The number of rotatable bonds is 6. The van der Waals surface area contributed by atoms with E-state index in [2.05, 4.69) is 5.32 Å². The van der Waals surface area contributed by atoms with Crippen molar-refractivity contribution in [3.8, 4) is 0 Å². The highest BCUT2D eigenvalue weighted by Crippen LogP contribution is 2.16. The van der Waals surface area contributed by atoms with Gasteiger partial charge in [-0.3, -0.25) is 9.59 Å². The predicted octanol–water partition coefficient (Wildman–Crippen LogP) is 3.53. The Kier molecular flexibility index (Phi) is 6.58. The van der Waals surface area contributed by atoms with Crippen LogP contribution in [0.1, 0.15) is 11.1 Å². The van der Waals surface area contributed by atoms with Crippen LogP contribution in [0.3, 0.4) is 0 Å². The first-order valence-corrected chi connectivity index (χ1v) is 7.81. The third kappa shape index (κ3) is 5.51. The van der Waals surface area contributed by atoms with Crippen molar-refractivity contribution in [3.05, 3.63) is 69.5 Å². The molecule has 7 heteroatoms. The molecule has 4 nitrogen and oxygen atoms in total.